The molecule has 2 rings (SSSR count). The summed E-state index contributed by atoms with van der Waals surface area (Å²) < 4.78 is 0. The maximum Gasteiger partial charge on any atom is 0.0733 e. The molecule has 0 bridgehead atoms. The summed E-state index contributed by atoms with van der Waals surface area (Å²) in [6.07, 6.45) is 2.81. The molecular formula is C14H21NO. The van der Waals surface area contributed by atoms with E-state index < -0.39 is 0 Å². The first kappa shape index (κ1) is 11.6. The number of nitrogens with one attached hydrogen (secondary N) is 1. The fourth-order valence-corrected chi connectivity index (χ4v) is 2.48. The Kier molecular flexibility index (Phi) is 3.62. The maximum absolute atomic E-state index is 10.1. The molecule has 2 nitrogen and oxygen atoms in total. The molecular weight excluding hydrogens is 198 g/mol. The quantitative estimate of drug-likeness (QED) is 0.814. The van der Waals surface area contributed by atoms with Crippen LogP contribution >= 0.6 is 0 Å². The van der Waals surface area contributed by atoms with Crippen molar-refractivity contribution < 1.29 is 5.11 Å². The highest BCUT2D eigenvalue weighted by Crippen LogP contribution is 2.17. The molecule has 2 heteroatoms. The van der Waals surface area contributed by atoms with E-state index in [0.717, 1.165) is 19.4 Å². The zero-order valence-corrected chi connectivity index (χ0v) is 10.2. The van der Waals surface area contributed by atoms with Gasteiger partial charge in [0.2, 0.25) is 0 Å². The Morgan fingerprint density at radius 3 is 2.88 bits per heavy atom. The number of aryl methyl sites for hydroxylation is 2. The van der Waals surface area contributed by atoms with Crippen molar-refractivity contribution in [3.63, 3.8) is 0 Å². The van der Waals surface area contributed by atoms with E-state index in [1.807, 2.05) is 0 Å². The lowest BCUT2D eigenvalue weighted by Crippen LogP contribution is -2.36. The molecule has 0 radical (unpaired) electrons. The molecule has 2 atom stereocenters. The van der Waals surface area contributed by atoms with Gasteiger partial charge in [-0.3, -0.25) is 0 Å². The highest BCUT2D eigenvalue weighted by molar-refractivity contribution is 5.31. The summed E-state index contributed by atoms with van der Waals surface area (Å²) in [6, 6.07) is 6.74. The number of aliphatic hydroxyl groups is 1. The number of aliphatic hydroxyl groups excluding tert-OH is 1. The van der Waals surface area contributed by atoms with Gasteiger partial charge >= 0.3 is 0 Å². The van der Waals surface area contributed by atoms with Crippen molar-refractivity contribution in [1.29, 1.82) is 0 Å². The van der Waals surface area contributed by atoms with Crippen LogP contribution in [0.3, 0.4) is 0 Å². The van der Waals surface area contributed by atoms with Gasteiger partial charge in [-0.15, -0.1) is 0 Å². The predicted octanol–water partition coefficient (Wildman–Crippen LogP) is 1.96. The van der Waals surface area contributed by atoms with Gasteiger partial charge in [0.15, 0.2) is 0 Å². The van der Waals surface area contributed by atoms with E-state index in [1.54, 1.807) is 0 Å². The summed E-state index contributed by atoms with van der Waals surface area (Å²) in [5, 5.41) is 13.5. The summed E-state index contributed by atoms with van der Waals surface area (Å²) >= 11 is 0. The van der Waals surface area contributed by atoms with Crippen LogP contribution in [0.25, 0.3) is 0 Å². The minimum atomic E-state index is -0.246. The molecule has 0 aliphatic carbocycles. The van der Waals surface area contributed by atoms with Crippen LogP contribution in [0.2, 0.25) is 0 Å². The predicted molar refractivity (Wildman–Crippen MR) is 66.7 cm³/mol. The lowest BCUT2D eigenvalue weighted by molar-refractivity contribution is 0.136. The summed E-state index contributed by atoms with van der Waals surface area (Å²) in [7, 11) is 0. The lowest BCUT2D eigenvalue weighted by Gasteiger charge is -2.19. The molecule has 16 heavy (non-hydrogen) atoms. The molecule has 1 saturated heterocycles. The molecule has 1 aliphatic rings. The number of hydrogen-bond acceptors (Lipinski definition) is 2. The molecule has 1 aromatic rings. The smallest absolute Gasteiger partial charge is 0.0733 e. The van der Waals surface area contributed by atoms with Gasteiger partial charge < -0.3 is 10.4 Å². The van der Waals surface area contributed by atoms with Gasteiger partial charge in [-0.1, -0.05) is 23.8 Å². The summed E-state index contributed by atoms with van der Waals surface area (Å²) in [4.78, 5) is 0. The SMILES string of the molecule is Cc1ccc(CC(O)C2CCCN2)c(C)c1. The van der Waals surface area contributed by atoms with Crippen LogP contribution in [-0.2, 0) is 6.42 Å². The minimum absolute atomic E-state index is 0.246. The minimum Gasteiger partial charge on any atom is -0.391 e. The third-order valence-electron chi connectivity index (χ3n) is 3.49. The second kappa shape index (κ2) is 4.98. The van der Waals surface area contributed by atoms with Gasteiger partial charge in [0, 0.05) is 12.5 Å². The van der Waals surface area contributed by atoms with E-state index in [-0.39, 0.29) is 6.10 Å². The second-order valence-electron chi connectivity index (χ2n) is 4.90. The van der Waals surface area contributed by atoms with Gasteiger partial charge in [-0.2, -0.15) is 0 Å². The van der Waals surface area contributed by atoms with Crippen LogP contribution < -0.4 is 5.32 Å². The molecule has 0 saturated carbocycles. The first-order valence-electron chi connectivity index (χ1n) is 6.14. The summed E-state index contributed by atoms with van der Waals surface area (Å²) in [6.45, 7) is 5.28. The molecule has 1 aliphatic heterocycles. The Morgan fingerprint density at radius 1 is 1.44 bits per heavy atom. The molecule has 2 unspecified atom stereocenters. The van der Waals surface area contributed by atoms with Crippen molar-refractivity contribution >= 4 is 0 Å². The van der Waals surface area contributed by atoms with Gasteiger partial charge in [-0.05, 0) is 44.4 Å². The zero-order chi connectivity index (χ0) is 11.5. The average molecular weight is 219 g/mol. The van der Waals surface area contributed by atoms with Crippen LogP contribution in [-0.4, -0.2) is 23.8 Å². The van der Waals surface area contributed by atoms with E-state index in [0.29, 0.717) is 6.04 Å². The Bertz CT molecular complexity index is 356. The van der Waals surface area contributed by atoms with Crippen molar-refractivity contribution in [2.24, 2.45) is 0 Å². The summed E-state index contributed by atoms with van der Waals surface area (Å²) in [5.74, 6) is 0. The second-order valence-corrected chi connectivity index (χ2v) is 4.90. The van der Waals surface area contributed by atoms with Crippen LogP contribution in [0.5, 0.6) is 0 Å². The van der Waals surface area contributed by atoms with Gasteiger partial charge in [-0.25, -0.2) is 0 Å². The van der Waals surface area contributed by atoms with E-state index in [1.165, 1.54) is 23.1 Å². The number of benzene rings is 1. The highest BCUT2D eigenvalue weighted by Gasteiger charge is 2.22. The maximum atomic E-state index is 10.1. The van der Waals surface area contributed by atoms with Crippen LogP contribution in [0.4, 0.5) is 0 Å². The highest BCUT2D eigenvalue weighted by atomic mass is 16.3. The number of hydrogen-bond donors (Lipinski definition) is 2. The van der Waals surface area contributed by atoms with E-state index in [4.69, 9.17) is 0 Å². The zero-order valence-electron chi connectivity index (χ0n) is 10.2. The fourth-order valence-electron chi connectivity index (χ4n) is 2.48. The van der Waals surface area contributed by atoms with Crippen LogP contribution in [0.15, 0.2) is 18.2 Å². The van der Waals surface area contributed by atoms with Crippen molar-refractivity contribution in [3.8, 4) is 0 Å². The van der Waals surface area contributed by atoms with Crippen molar-refractivity contribution in [2.75, 3.05) is 6.54 Å². The normalized spacial score (nSPS) is 22.3. The van der Waals surface area contributed by atoms with Crippen molar-refractivity contribution in [2.45, 2.75) is 45.3 Å². The first-order valence-corrected chi connectivity index (χ1v) is 6.14. The Labute approximate surface area is 97.7 Å². The topological polar surface area (TPSA) is 32.3 Å². The van der Waals surface area contributed by atoms with E-state index in [2.05, 4.69) is 37.4 Å². The Morgan fingerprint density at radius 2 is 2.25 bits per heavy atom. The van der Waals surface area contributed by atoms with Gasteiger partial charge in [0.1, 0.15) is 0 Å². The molecule has 2 N–H and O–H groups in total. The monoisotopic (exact) mass is 219 g/mol. The van der Waals surface area contributed by atoms with E-state index in [9.17, 15) is 5.11 Å². The Balaban J connectivity index is 2.02. The number of rotatable bonds is 3. The average Bonchev–Trinajstić information content (AvgIpc) is 2.75. The summed E-state index contributed by atoms with van der Waals surface area (Å²) in [5.41, 5.74) is 3.85. The third kappa shape index (κ3) is 2.63. The third-order valence-corrected chi connectivity index (χ3v) is 3.49. The molecule has 1 aromatic carbocycles. The molecule has 0 aromatic heterocycles. The molecule has 0 amide bonds. The standard InChI is InChI=1S/C14H21NO/c1-10-5-6-12(11(2)8-10)9-14(16)13-4-3-7-15-13/h5-6,8,13-16H,3-4,7,9H2,1-2H3. The fraction of sp³-hybridized carbons (Fsp3) is 0.571. The van der Waals surface area contributed by atoms with Crippen molar-refractivity contribution in [1.82, 2.24) is 5.32 Å². The molecule has 1 heterocycles. The van der Waals surface area contributed by atoms with Crippen LogP contribution in [0.1, 0.15) is 29.5 Å². The molecule has 1 fully saturated rings. The molecule has 0 spiro atoms. The van der Waals surface area contributed by atoms with Gasteiger partial charge in [0.05, 0.1) is 6.10 Å². The lowest BCUT2D eigenvalue weighted by atomic mass is 9.96. The largest absolute Gasteiger partial charge is 0.391 e. The van der Waals surface area contributed by atoms with Crippen LogP contribution in [0, 0.1) is 13.8 Å². The molecule has 88 valence electrons. The Hall–Kier alpha value is -0.860. The first-order chi connectivity index (χ1) is 7.66. The van der Waals surface area contributed by atoms with Crippen molar-refractivity contribution in [3.05, 3.63) is 34.9 Å². The van der Waals surface area contributed by atoms with Gasteiger partial charge in [0.25, 0.3) is 0 Å². The van der Waals surface area contributed by atoms with E-state index >= 15 is 0 Å².